The van der Waals surface area contributed by atoms with Crippen molar-refractivity contribution in [1.29, 1.82) is 0 Å². The van der Waals surface area contributed by atoms with Crippen LogP contribution in [0.5, 0.6) is 11.5 Å². The Morgan fingerprint density at radius 1 is 1.26 bits per heavy atom. The van der Waals surface area contributed by atoms with Gasteiger partial charge < -0.3 is 20.1 Å². The molecule has 1 aliphatic heterocycles. The summed E-state index contributed by atoms with van der Waals surface area (Å²) in [6.45, 7) is 2.19. The molecule has 3 aromatic rings. The number of H-pyrrole nitrogens is 1. The number of hydrogen-bond acceptors (Lipinski definition) is 6. The quantitative estimate of drug-likeness (QED) is 0.376. The fourth-order valence-electron chi connectivity index (χ4n) is 3.48. The minimum Gasteiger partial charge on any atom is -0.504 e. The lowest BCUT2D eigenvalue weighted by molar-refractivity contribution is -0.116. The number of aromatic hydroxyl groups is 1. The molecular formula is C22H20ClN3O4S. The van der Waals surface area contributed by atoms with Crippen LogP contribution in [0.1, 0.15) is 36.0 Å². The molecule has 4 rings (SSSR count). The Morgan fingerprint density at radius 3 is 2.84 bits per heavy atom. The lowest BCUT2D eigenvalue weighted by Crippen LogP contribution is -2.31. The molecule has 0 radical (unpaired) electrons. The van der Waals surface area contributed by atoms with Crippen LogP contribution in [-0.2, 0) is 10.5 Å². The number of carbonyl (C=O) groups excluding carboxylic acids is 1. The van der Waals surface area contributed by atoms with Gasteiger partial charge in [0.25, 0.3) is 5.56 Å². The molecular weight excluding hydrogens is 438 g/mol. The Bertz CT molecular complexity index is 1200. The van der Waals surface area contributed by atoms with E-state index in [1.807, 2.05) is 25.1 Å². The molecule has 0 aliphatic carbocycles. The van der Waals surface area contributed by atoms with Crippen LogP contribution in [0.4, 0.5) is 5.82 Å². The Morgan fingerprint density at radius 2 is 2.06 bits per heavy atom. The van der Waals surface area contributed by atoms with Crippen LogP contribution in [0.3, 0.4) is 0 Å². The minimum absolute atomic E-state index is 0.00411. The number of nitrogens with one attached hydrogen (secondary N) is 2. The molecule has 3 N–H and O–H groups in total. The van der Waals surface area contributed by atoms with Gasteiger partial charge in [-0.2, -0.15) is 0 Å². The standard InChI is InChI=1S/C22H20ClN3O4S/c1-2-30-17-9-12(7-8-16(17)27)14-10-18(28)24-20-19(14)21(29)26-22(25-20)31-11-13-5-3-4-6-15(13)23/h3-9,14,27H,2,10-11H2,1H3,(H2,24,25,26,28,29). The van der Waals surface area contributed by atoms with Crippen LogP contribution in [0.15, 0.2) is 52.4 Å². The molecule has 0 saturated heterocycles. The van der Waals surface area contributed by atoms with Crippen molar-refractivity contribution >= 4 is 35.1 Å². The number of hydrogen-bond donors (Lipinski definition) is 3. The zero-order chi connectivity index (χ0) is 22.0. The van der Waals surface area contributed by atoms with Crippen LogP contribution in [0.25, 0.3) is 0 Å². The number of phenols is 1. The molecule has 0 spiro atoms. The predicted molar refractivity (Wildman–Crippen MR) is 120 cm³/mol. The van der Waals surface area contributed by atoms with E-state index in [1.165, 1.54) is 17.8 Å². The van der Waals surface area contributed by atoms with Gasteiger partial charge in [-0.1, -0.05) is 47.6 Å². The largest absolute Gasteiger partial charge is 0.504 e. The van der Waals surface area contributed by atoms with E-state index in [0.717, 1.165) is 5.56 Å². The van der Waals surface area contributed by atoms with Crippen LogP contribution in [0, 0.1) is 0 Å². The molecule has 1 atom stereocenters. The van der Waals surface area contributed by atoms with Crippen molar-refractivity contribution in [2.24, 2.45) is 0 Å². The van der Waals surface area contributed by atoms with E-state index in [4.69, 9.17) is 16.3 Å². The van der Waals surface area contributed by atoms with Crippen molar-refractivity contribution < 1.29 is 14.6 Å². The Hall–Kier alpha value is -2.97. The molecule has 1 aliphatic rings. The number of phenolic OH excluding ortho intramolecular Hbond substituents is 1. The predicted octanol–water partition coefficient (Wildman–Crippen LogP) is 4.29. The number of thioether (sulfide) groups is 1. The molecule has 2 heterocycles. The number of anilines is 1. The van der Waals surface area contributed by atoms with Gasteiger partial charge in [0.15, 0.2) is 16.7 Å². The number of carbonyl (C=O) groups is 1. The number of nitrogens with zero attached hydrogens (tertiary/aromatic N) is 1. The maximum Gasteiger partial charge on any atom is 0.257 e. The van der Waals surface area contributed by atoms with E-state index in [2.05, 4.69) is 15.3 Å². The van der Waals surface area contributed by atoms with Crippen molar-refractivity contribution in [3.63, 3.8) is 0 Å². The summed E-state index contributed by atoms with van der Waals surface area (Å²) < 4.78 is 5.45. The normalized spacial score (nSPS) is 15.3. The minimum atomic E-state index is -0.498. The van der Waals surface area contributed by atoms with E-state index in [0.29, 0.717) is 39.4 Å². The fraction of sp³-hybridized carbons (Fsp3) is 0.227. The molecule has 1 unspecified atom stereocenters. The highest BCUT2D eigenvalue weighted by atomic mass is 35.5. The molecule has 1 amide bonds. The topological polar surface area (TPSA) is 104 Å². The van der Waals surface area contributed by atoms with Crippen molar-refractivity contribution in [3.8, 4) is 11.5 Å². The maximum absolute atomic E-state index is 13.0. The van der Waals surface area contributed by atoms with Crippen molar-refractivity contribution in [1.82, 2.24) is 9.97 Å². The molecule has 1 aromatic heterocycles. The molecule has 0 fully saturated rings. The SMILES string of the molecule is CCOc1cc(C2CC(=O)Nc3nc(SCc4ccccc4Cl)[nH]c(=O)c32)ccc1O. The van der Waals surface area contributed by atoms with E-state index in [-0.39, 0.29) is 29.5 Å². The van der Waals surface area contributed by atoms with Gasteiger partial charge in [-0.3, -0.25) is 9.59 Å². The van der Waals surface area contributed by atoms with Crippen LogP contribution >= 0.6 is 23.4 Å². The van der Waals surface area contributed by atoms with Gasteiger partial charge >= 0.3 is 0 Å². The molecule has 2 aromatic carbocycles. The van der Waals surface area contributed by atoms with Gasteiger partial charge in [0.2, 0.25) is 5.91 Å². The number of rotatable bonds is 6. The summed E-state index contributed by atoms with van der Waals surface area (Å²) in [5, 5.41) is 13.7. The fourth-order valence-corrected chi connectivity index (χ4v) is 4.63. The van der Waals surface area contributed by atoms with E-state index in [1.54, 1.807) is 18.2 Å². The van der Waals surface area contributed by atoms with Gasteiger partial charge in [-0.15, -0.1) is 0 Å². The molecule has 7 nitrogen and oxygen atoms in total. The first-order valence-corrected chi connectivity index (χ1v) is 11.1. The Labute approximate surface area is 187 Å². The lowest BCUT2D eigenvalue weighted by atomic mass is 9.86. The number of amides is 1. The van der Waals surface area contributed by atoms with Gasteiger partial charge in [0.05, 0.1) is 12.2 Å². The number of ether oxygens (including phenoxy) is 1. The third-order valence-electron chi connectivity index (χ3n) is 4.94. The highest BCUT2D eigenvalue weighted by Crippen LogP contribution is 2.38. The summed E-state index contributed by atoms with van der Waals surface area (Å²) >= 11 is 7.53. The van der Waals surface area contributed by atoms with Gasteiger partial charge in [0, 0.05) is 23.1 Å². The van der Waals surface area contributed by atoms with Crippen molar-refractivity contribution in [2.45, 2.75) is 30.2 Å². The average molecular weight is 458 g/mol. The first-order chi connectivity index (χ1) is 15.0. The third kappa shape index (κ3) is 4.55. The summed E-state index contributed by atoms with van der Waals surface area (Å²) in [7, 11) is 0. The van der Waals surface area contributed by atoms with Gasteiger partial charge in [-0.05, 0) is 36.2 Å². The van der Waals surface area contributed by atoms with Gasteiger partial charge in [-0.25, -0.2) is 4.98 Å². The summed E-state index contributed by atoms with van der Waals surface area (Å²) in [5.41, 5.74) is 1.68. The van der Waals surface area contributed by atoms with Crippen LogP contribution in [0.2, 0.25) is 5.02 Å². The number of fused-ring (bicyclic) bond motifs is 1. The first-order valence-electron chi connectivity index (χ1n) is 9.72. The number of aromatic nitrogens is 2. The molecule has 9 heteroatoms. The second kappa shape index (κ2) is 9.03. The second-order valence-electron chi connectivity index (χ2n) is 6.98. The van der Waals surface area contributed by atoms with E-state index in [9.17, 15) is 14.7 Å². The Balaban J connectivity index is 1.67. The second-order valence-corrected chi connectivity index (χ2v) is 8.35. The van der Waals surface area contributed by atoms with Crippen LogP contribution in [-0.4, -0.2) is 27.6 Å². The summed E-state index contributed by atoms with van der Waals surface area (Å²) in [6.07, 6.45) is 0.0974. The van der Waals surface area contributed by atoms with E-state index < -0.39 is 5.92 Å². The number of benzene rings is 2. The zero-order valence-corrected chi connectivity index (χ0v) is 18.2. The zero-order valence-electron chi connectivity index (χ0n) is 16.6. The summed E-state index contributed by atoms with van der Waals surface area (Å²) in [4.78, 5) is 32.6. The van der Waals surface area contributed by atoms with Crippen molar-refractivity contribution in [2.75, 3.05) is 11.9 Å². The lowest BCUT2D eigenvalue weighted by Gasteiger charge is -2.25. The average Bonchev–Trinajstić information content (AvgIpc) is 2.74. The van der Waals surface area contributed by atoms with Crippen LogP contribution < -0.4 is 15.6 Å². The highest BCUT2D eigenvalue weighted by Gasteiger charge is 2.31. The third-order valence-corrected chi connectivity index (χ3v) is 6.23. The van der Waals surface area contributed by atoms with Crippen molar-refractivity contribution in [3.05, 3.63) is 74.5 Å². The Kier molecular flexibility index (Phi) is 6.20. The molecule has 0 bridgehead atoms. The maximum atomic E-state index is 13.0. The highest BCUT2D eigenvalue weighted by molar-refractivity contribution is 7.98. The molecule has 160 valence electrons. The number of aromatic amines is 1. The van der Waals surface area contributed by atoms with E-state index >= 15 is 0 Å². The summed E-state index contributed by atoms with van der Waals surface area (Å²) in [5.74, 6) is 0.353. The monoisotopic (exact) mass is 457 g/mol. The first kappa shape index (κ1) is 21.3. The molecule has 0 saturated carbocycles. The summed E-state index contributed by atoms with van der Waals surface area (Å²) in [6, 6.07) is 12.3. The molecule has 31 heavy (non-hydrogen) atoms. The number of halogens is 1. The smallest absolute Gasteiger partial charge is 0.257 e. The van der Waals surface area contributed by atoms with Gasteiger partial charge in [0.1, 0.15) is 5.82 Å².